The minimum atomic E-state index is 0.246. The minimum Gasteiger partial charge on any atom is -0.297 e. The number of aromatic nitrogens is 2. The van der Waals surface area contributed by atoms with E-state index in [0.717, 1.165) is 29.9 Å². The van der Waals surface area contributed by atoms with Crippen LogP contribution in [0.3, 0.4) is 0 Å². The average Bonchev–Trinajstić information content (AvgIpc) is 3.06. The van der Waals surface area contributed by atoms with Crippen molar-refractivity contribution in [2.24, 2.45) is 5.84 Å². The van der Waals surface area contributed by atoms with Crippen molar-refractivity contribution in [1.29, 1.82) is 0 Å². The predicted octanol–water partition coefficient (Wildman–Crippen LogP) is 2.71. The summed E-state index contributed by atoms with van der Waals surface area (Å²) in [7, 11) is 0. The Kier molecular flexibility index (Phi) is 4.34. The fraction of sp³-hybridized carbons (Fsp3) is 0.312. The number of rotatable bonds is 6. The molecule has 0 saturated heterocycles. The lowest BCUT2D eigenvalue weighted by Crippen LogP contribution is -2.37. The van der Waals surface area contributed by atoms with Gasteiger partial charge in [0, 0.05) is 30.2 Å². The van der Waals surface area contributed by atoms with E-state index in [-0.39, 0.29) is 6.04 Å². The van der Waals surface area contributed by atoms with E-state index >= 15 is 0 Å². The first-order valence-electron chi connectivity index (χ1n) is 7.17. The minimum absolute atomic E-state index is 0.246. The highest BCUT2D eigenvalue weighted by molar-refractivity contribution is 7.15. The van der Waals surface area contributed by atoms with Crippen LogP contribution in [0.5, 0.6) is 0 Å². The maximum Gasteiger partial charge on any atom is 0.193 e. The molecule has 1 unspecified atom stereocenters. The second-order valence-electron chi connectivity index (χ2n) is 5.42. The monoisotopic (exact) mass is 300 g/mol. The predicted molar refractivity (Wildman–Crippen MR) is 87.4 cm³/mol. The molecule has 1 atom stereocenters. The van der Waals surface area contributed by atoms with Crippen LogP contribution in [-0.4, -0.2) is 15.4 Å². The van der Waals surface area contributed by atoms with E-state index in [4.69, 9.17) is 5.84 Å². The number of nitrogens with zero attached hydrogens (tertiary/aromatic N) is 2. The number of hydrogen-bond donors (Lipinski definition) is 2. The van der Waals surface area contributed by atoms with Crippen LogP contribution in [0, 0.1) is 6.92 Å². The first-order chi connectivity index (χ1) is 10.2. The van der Waals surface area contributed by atoms with Crippen molar-refractivity contribution in [2.45, 2.75) is 32.2 Å². The van der Waals surface area contributed by atoms with Crippen LogP contribution in [-0.2, 0) is 12.8 Å². The number of nitrogens with two attached hydrogens (primary N) is 1. The Balaban J connectivity index is 1.59. The largest absolute Gasteiger partial charge is 0.297 e. The fourth-order valence-corrected chi connectivity index (χ4v) is 3.19. The van der Waals surface area contributed by atoms with E-state index in [1.165, 1.54) is 11.1 Å². The summed E-state index contributed by atoms with van der Waals surface area (Å²) in [6.07, 6.45) is 7.01. The summed E-state index contributed by atoms with van der Waals surface area (Å²) in [5, 5.41) is 2.04. The number of benzene rings is 1. The van der Waals surface area contributed by atoms with Gasteiger partial charge in [0.15, 0.2) is 4.96 Å². The Morgan fingerprint density at radius 1 is 1.33 bits per heavy atom. The molecule has 0 aliphatic carbocycles. The Morgan fingerprint density at radius 3 is 2.86 bits per heavy atom. The Labute approximate surface area is 128 Å². The van der Waals surface area contributed by atoms with E-state index in [1.54, 1.807) is 11.3 Å². The molecule has 0 saturated carbocycles. The Morgan fingerprint density at radius 2 is 2.14 bits per heavy atom. The van der Waals surface area contributed by atoms with Crippen LogP contribution in [0.2, 0.25) is 0 Å². The molecule has 5 heteroatoms. The third kappa shape index (κ3) is 3.50. The van der Waals surface area contributed by atoms with E-state index in [9.17, 15) is 0 Å². The smallest absolute Gasteiger partial charge is 0.193 e. The lowest BCUT2D eigenvalue weighted by molar-refractivity contribution is 0.488. The van der Waals surface area contributed by atoms with Gasteiger partial charge in [0.05, 0.1) is 5.69 Å². The summed E-state index contributed by atoms with van der Waals surface area (Å²) in [6, 6.07) is 8.94. The second-order valence-corrected chi connectivity index (χ2v) is 6.29. The quantitative estimate of drug-likeness (QED) is 0.543. The molecule has 0 aliphatic heterocycles. The van der Waals surface area contributed by atoms with Crippen LogP contribution in [0.15, 0.2) is 42.0 Å². The van der Waals surface area contributed by atoms with Gasteiger partial charge >= 0.3 is 0 Å². The Hall–Kier alpha value is -1.69. The van der Waals surface area contributed by atoms with Gasteiger partial charge in [-0.3, -0.25) is 15.7 Å². The Bertz CT molecular complexity index is 670. The molecular formula is C16H20N4S. The number of imidazole rings is 1. The summed E-state index contributed by atoms with van der Waals surface area (Å²) in [4.78, 5) is 5.65. The molecule has 0 amide bonds. The van der Waals surface area contributed by atoms with Gasteiger partial charge in [0.1, 0.15) is 0 Å². The van der Waals surface area contributed by atoms with Crippen molar-refractivity contribution in [3.05, 3.63) is 58.9 Å². The van der Waals surface area contributed by atoms with Crippen LogP contribution in [0.4, 0.5) is 0 Å². The topological polar surface area (TPSA) is 55.3 Å². The van der Waals surface area contributed by atoms with Gasteiger partial charge in [-0.2, -0.15) is 0 Å². The highest BCUT2D eigenvalue weighted by atomic mass is 32.1. The van der Waals surface area contributed by atoms with Crippen LogP contribution < -0.4 is 11.3 Å². The highest BCUT2D eigenvalue weighted by Gasteiger charge is 2.11. The number of hydrazine groups is 1. The molecule has 2 heterocycles. The third-order valence-corrected chi connectivity index (χ3v) is 4.51. The fourth-order valence-electron chi connectivity index (χ4n) is 2.47. The van der Waals surface area contributed by atoms with Gasteiger partial charge in [-0.15, -0.1) is 11.3 Å². The summed E-state index contributed by atoms with van der Waals surface area (Å²) in [6.45, 7) is 2.11. The zero-order valence-electron chi connectivity index (χ0n) is 12.1. The number of aryl methyl sites for hydroxylation is 2. The van der Waals surface area contributed by atoms with Crippen molar-refractivity contribution < 1.29 is 0 Å². The first-order valence-corrected chi connectivity index (χ1v) is 8.05. The molecule has 110 valence electrons. The van der Waals surface area contributed by atoms with E-state index in [0.29, 0.717) is 0 Å². The summed E-state index contributed by atoms with van der Waals surface area (Å²) in [5.74, 6) is 5.70. The SMILES string of the molecule is Cc1ccc(CCC(Cc2cn3ccsc3n2)NN)cc1. The van der Waals surface area contributed by atoms with Crippen LogP contribution in [0.25, 0.3) is 4.96 Å². The summed E-state index contributed by atoms with van der Waals surface area (Å²) < 4.78 is 2.06. The maximum absolute atomic E-state index is 5.70. The summed E-state index contributed by atoms with van der Waals surface area (Å²) >= 11 is 1.65. The van der Waals surface area contributed by atoms with E-state index in [2.05, 4.69) is 52.2 Å². The number of nitrogens with one attached hydrogen (secondary N) is 1. The zero-order valence-corrected chi connectivity index (χ0v) is 12.9. The standard InChI is InChI=1S/C16H20N4S/c1-12-2-4-13(5-3-12)6-7-14(19-17)10-15-11-20-8-9-21-16(20)18-15/h2-5,8-9,11,14,19H,6-7,10,17H2,1H3. The summed E-state index contributed by atoms with van der Waals surface area (Å²) in [5.41, 5.74) is 6.66. The van der Waals surface area contributed by atoms with E-state index < -0.39 is 0 Å². The van der Waals surface area contributed by atoms with Crippen LogP contribution >= 0.6 is 11.3 Å². The van der Waals surface area contributed by atoms with Gasteiger partial charge < -0.3 is 0 Å². The van der Waals surface area contributed by atoms with Crippen molar-refractivity contribution in [3.63, 3.8) is 0 Å². The molecule has 0 spiro atoms. The van der Waals surface area contributed by atoms with Gasteiger partial charge in [-0.1, -0.05) is 29.8 Å². The zero-order chi connectivity index (χ0) is 14.7. The highest BCUT2D eigenvalue weighted by Crippen LogP contribution is 2.14. The molecule has 3 aromatic rings. The molecule has 4 nitrogen and oxygen atoms in total. The molecule has 2 aromatic heterocycles. The van der Waals surface area contributed by atoms with Crippen molar-refractivity contribution in [1.82, 2.24) is 14.8 Å². The van der Waals surface area contributed by atoms with Gasteiger partial charge in [-0.25, -0.2) is 4.98 Å². The molecule has 0 fully saturated rings. The lowest BCUT2D eigenvalue weighted by atomic mass is 10.0. The molecule has 0 radical (unpaired) electrons. The van der Waals surface area contributed by atoms with Crippen molar-refractivity contribution in [3.8, 4) is 0 Å². The van der Waals surface area contributed by atoms with Gasteiger partial charge in [0.2, 0.25) is 0 Å². The maximum atomic E-state index is 5.70. The molecule has 0 aliphatic rings. The molecule has 3 N–H and O–H groups in total. The normalized spacial score (nSPS) is 12.9. The molecule has 3 rings (SSSR count). The van der Waals surface area contributed by atoms with E-state index in [1.807, 2.05) is 11.6 Å². The third-order valence-electron chi connectivity index (χ3n) is 3.74. The van der Waals surface area contributed by atoms with Gasteiger partial charge in [-0.05, 0) is 25.3 Å². The first kappa shape index (κ1) is 14.3. The van der Waals surface area contributed by atoms with Crippen molar-refractivity contribution >= 4 is 16.3 Å². The average molecular weight is 300 g/mol. The van der Waals surface area contributed by atoms with Crippen molar-refractivity contribution in [2.75, 3.05) is 0 Å². The molecule has 21 heavy (non-hydrogen) atoms. The van der Waals surface area contributed by atoms with Gasteiger partial charge in [0.25, 0.3) is 0 Å². The number of fused-ring (bicyclic) bond motifs is 1. The lowest BCUT2D eigenvalue weighted by Gasteiger charge is -2.14. The van der Waals surface area contributed by atoms with Crippen LogP contribution in [0.1, 0.15) is 23.2 Å². The molecule has 1 aromatic carbocycles. The number of hydrogen-bond acceptors (Lipinski definition) is 4. The molecule has 0 bridgehead atoms. The molecular weight excluding hydrogens is 280 g/mol. The number of thiazole rings is 1. The second kappa shape index (κ2) is 6.39.